The predicted octanol–water partition coefficient (Wildman–Crippen LogP) is 1.82. The first-order valence-electron chi connectivity index (χ1n) is 7.81. The fraction of sp³-hybridized carbons (Fsp3) is 0.353. The second-order valence-corrected chi connectivity index (χ2v) is 6.19. The van der Waals surface area contributed by atoms with Crippen molar-refractivity contribution >= 4 is 40.4 Å². The van der Waals surface area contributed by atoms with E-state index in [9.17, 15) is 4.79 Å². The summed E-state index contributed by atoms with van der Waals surface area (Å²) >= 11 is 5.52. The van der Waals surface area contributed by atoms with Crippen molar-refractivity contribution in [2.75, 3.05) is 45.7 Å². The number of thiocarbonyl (C=S) groups is 1. The lowest BCUT2D eigenvalue weighted by atomic mass is 10.1. The molecule has 3 rings (SSSR count). The molecule has 0 radical (unpaired) electrons. The zero-order chi connectivity index (χ0) is 17.1. The Balaban J connectivity index is 2.05. The SMILES string of the molecule is COC(=O)/C=C1\C(=S)Nc2ccccc2N=C1N1CCN(C)CC1. The summed E-state index contributed by atoms with van der Waals surface area (Å²) in [6, 6.07) is 7.72. The number of esters is 1. The van der Waals surface area contributed by atoms with Gasteiger partial charge < -0.3 is 19.9 Å². The number of anilines is 1. The maximum Gasteiger partial charge on any atom is 0.331 e. The Morgan fingerprint density at radius 1 is 1.29 bits per heavy atom. The van der Waals surface area contributed by atoms with Gasteiger partial charge in [0.2, 0.25) is 0 Å². The average molecular weight is 344 g/mol. The molecular formula is C17H20N4O2S. The fourth-order valence-electron chi connectivity index (χ4n) is 2.71. The molecule has 1 fully saturated rings. The number of carbonyl (C=O) groups excluding carboxylic acids is 1. The highest BCUT2D eigenvalue weighted by atomic mass is 32.1. The van der Waals surface area contributed by atoms with Crippen LogP contribution in [0.1, 0.15) is 0 Å². The Bertz CT molecular complexity index is 721. The summed E-state index contributed by atoms with van der Waals surface area (Å²) in [5.74, 6) is 0.276. The molecule has 2 aliphatic heterocycles. The molecule has 0 aliphatic carbocycles. The van der Waals surface area contributed by atoms with Gasteiger partial charge >= 0.3 is 5.97 Å². The molecule has 6 nitrogen and oxygen atoms in total. The highest BCUT2D eigenvalue weighted by Crippen LogP contribution is 2.30. The minimum absolute atomic E-state index is 0.443. The maximum atomic E-state index is 11.8. The van der Waals surface area contributed by atoms with Gasteiger partial charge in [0.1, 0.15) is 10.8 Å². The summed E-state index contributed by atoms with van der Waals surface area (Å²) in [5, 5.41) is 3.18. The summed E-state index contributed by atoms with van der Waals surface area (Å²) in [6.45, 7) is 3.54. The van der Waals surface area contributed by atoms with Gasteiger partial charge in [0.15, 0.2) is 0 Å². The smallest absolute Gasteiger partial charge is 0.331 e. The molecule has 126 valence electrons. The van der Waals surface area contributed by atoms with Gasteiger partial charge in [0.05, 0.1) is 24.1 Å². The number of hydrogen-bond acceptors (Lipinski definition) is 6. The first-order chi connectivity index (χ1) is 11.6. The number of hydrogen-bond donors (Lipinski definition) is 1. The van der Waals surface area contributed by atoms with Crippen LogP contribution in [0.5, 0.6) is 0 Å². The average Bonchev–Trinajstić information content (AvgIpc) is 2.72. The van der Waals surface area contributed by atoms with Crippen LogP contribution in [0, 0.1) is 0 Å². The number of piperazine rings is 1. The summed E-state index contributed by atoms with van der Waals surface area (Å²) in [4.78, 5) is 21.5. The van der Waals surface area contributed by atoms with Gasteiger partial charge in [-0.2, -0.15) is 0 Å². The molecule has 24 heavy (non-hydrogen) atoms. The highest BCUT2D eigenvalue weighted by Gasteiger charge is 2.26. The summed E-state index contributed by atoms with van der Waals surface area (Å²) in [5.41, 5.74) is 2.24. The van der Waals surface area contributed by atoms with E-state index >= 15 is 0 Å². The van der Waals surface area contributed by atoms with Crippen molar-refractivity contribution in [3.63, 3.8) is 0 Å². The minimum atomic E-state index is -0.443. The molecule has 0 aromatic heterocycles. The number of aliphatic imine (C=N–C) groups is 1. The molecule has 2 heterocycles. The second kappa shape index (κ2) is 7.11. The Hall–Kier alpha value is -2.25. The van der Waals surface area contributed by atoms with E-state index < -0.39 is 5.97 Å². The third-order valence-electron chi connectivity index (χ3n) is 4.13. The second-order valence-electron chi connectivity index (χ2n) is 5.78. The van der Waals surface area contributed by atoms with Crippen molar-refractivity contribution in [3.8, 4) is 0 Å². The van der Waals surface area contributed by atoms with E-state index in [1.54, 1.807) is 0 Å². The van der Waals surface area contributed by atoms with E-state index in [1.807, 2.05) is 24.3 Å². The number of para-hydroxylation sites is 2. The number of nitrogens with one attached hydrogen (secondary N) is 1. The number of likely N-dealkylation sites (N-methyl/N-ethyl adjacent to an activating group) is 1. The molecule has 0 spiro atoms. The van der Waals surface area contributed by atoms with Gasteiger partial charge in [0, 0.05) is 32.3 Å². The summed E-state index contributed by atoms with van der Waals surface area (Å²) in [7, 11) is 3.45. The normalized spacial score (nSPS) is 20.1. The number of ether oxygens (including phenoxy) is 1. The first-order valence-corrected chi connectivity index (χ1v) is 8.22. The van der Waals surface area contributed by atoms with Crippen LogP contribution in [-0.2, 0) is 9.53 Å². The lowest BCUT2D eigenvalue weighted by molar-refractivity contribution is -0.134. The monoisotopic (exact) mass is 344 g/mol. The number of fused-ring (bicyclic) bond motifs is 1. The molecule has 7 heteroatoms. The number of rotatable bonds is 1. The van der Waals surface area contributed by atoms with Crippen LogP contribution in [0.15, 0.2) is 40.9 Å². The van der Waals surface area contributed by atoms with E-state index in [4.69, 9.17) is 21.9 Å². The molecule has 0 unspecified atom stereocenters. The zero-order valence-corrected chi connectivity index (χ0v) is 14.6. The lowest BCUT2D eigenvalue weighted by Crippen LogP contribution is -2.48. The third-order valence-corrected chi connectivity index (χ3v) is 4.45. The van der Waals surface area contributed by atoms with Crippen LogP contribution in [0.25, 0.3) is 0 Å². The van der Waals surface area contributed by atoms with E-state index in [2.05, 4.69) is 22.2 Å². The van der Waals surface area contributed by atoms with Gasteiger partial charge in [0.25, 0.3) is 0 Å². The molecule has 1 N–H and O–H groups in total. The lowest BCUT2D eigenvalue weighted by Gasteiger charge is -2.35. The molecule has 0 saturated carbocycles. The van der Waals surface area contributed by atoms with Crippen LogP contribution < -0.4 is 5.32 Å². The Morgan fingerprint density at radius 2 is 2.00 bits per heavy atom. The number of methoxy groups -OCH3 is 1. The zero-order valence-electron chi connectivity index (χ0n) is 13.8. The van der Waals surface area contributed by atoms with Crippen molar-refractivity contribution < 1.29 is 9.53 Å². The van der Waals surface area contributed by atoms with Crippen molar-refractivity contribution in [3.05, 3.63) is 35.9 Å². The van der Waals surface area contributed by atoms with Crippen LogP contribution in [-0.4, -0.2) is 66.9 Å². The van der Waals surface area contributed by atoms with Gasteiger partial charge in [-0.3, -0.25) is 0 Å². The van der Waals surface area contributed by atoms with E-state index in [0.717, 1.165) is 43.4 Å². The van der Waals surface area contributed by atoms with Crippen LogP contribution >= 0.6 is 12.2 Å². The largest absolute Gasteiger partial charge is 0.466 e. The van der Waals surface area contributed by atoms with E-state index in [0.29, 0.717) is 10.6 Å². The molecule has 2 aliphatic rings. The maximum absolute atomic E-state index is 11.8. The number of benzene rings is 1. The van der Waals surface area contributed by atoms with Gasteiger partial charge in [-0.1, -0.05) is 24.4 Å². The van der Waals surface area contributed by atoms with E-state index in [-0.39, 0.29) is 0 Å². The molecule has 0 bridgehead atoms. The number of carbonyl (C=O) groups is 1. The summed E-state index contributed by atoms with van der Waals surface area (Å²) in [6.07, 6.45) is 1.42. The summed E-state index contributed by atoms with van der Waals surface area (Å²) < 4.78 is 4.79. The van der Waals surface area contributed by atoms with Crippen molar-refractivity contribution in [2.24, 2.45) is 4.99 Å². The van der Waals surface area contributed by atoms with Gasteiger partial charge in [-0.05, 0) is 19.2 Å². The quantitative estimate of drug-likeness (QED) is 0.476. The topological polar surface area (TPSA) is 57.2 Å². The van der Waals surface area contributed by atoms with Crippen molar-refractivity contribution in [1.82, 2.24) is 9.80 Å². The molecule has 0 atom stereocenters. The predicted molar refractivity (Wildman–Crippen MR) is 98.9 cm³/mol. The van der Waals surface area contributed by atoms with Crippen LogP contribution in [0.4, 0.5) is 11.4 Å². The first kappa shape index (κ1) is 16.6. The molecule has 0 amide bonds. The van der Waals surface area contributed by atoms with Crippen molar-refractivity contribution in [2.45, 2.75) is 0 Å². The molecular weight excluding hydrogens is 324 g/mol. The third kappa shape index (κ3) is 3.47. The fourth-order valence-corrected chi connectivity index (χ4v) is 2.97. The van der Waals surface area contributed by atoms with Gasteiger partial charge in [-0.25, -0.2) is 9.79 Å². The van der Waals surface area contributed by atoms with Crippen LogP contribution in [0.2, 0.25) is 0 Å². The molecule has 1 aromatic carbocycles. The standard InChI is InChI=1S/C17H20N4O2S/c1-20-7-9-21(10-8-20)16-12(11-15(22)23-2)17(24)19-14-6-4-3-5-13(14)18-16/h3-6,11H,7-10H2,1-2H3,(H,19,24)/b12-11-. The number of nitrogens with zero attached hydrogens (tertiary/aromatic N) is 3. The van der Waals surface area contributed by atoms with E-state index in [1.165, 1.54) is 13.2 Å². The Labute approximate surface area is 146 Å². The Morgan fingerprint density at radius 3 is 2.71 bits per heavy atom. The Kier molecular flexibility index (Phi) is 4.92. The molecule has 1 saturated heterocycles. The number of amidine groups is 1. The van der Waals surface area contributed by atoms with Gasteiger partial charge in [-0.15, -0.1) is 0 Å². The van der Waals surface area contributed by atoms with Crippen molar-refractivity contribution in [1.29, 1.82) is 0 Å². The molecule has 1 aromatic rings. The van der Waals surface area contributed by atoms with Crippen LogP contribution in [0.3, 0.4) is 0 Å². The highest BCUT2D eigenvalue weighted by molar-refractivity contribution is 7.81. The minimum Gasteiger partial charge on any atom is -0.466 e.